The summed E-state index contributed by atoms with van der Waals surface area (Å²) in [6.07, 6.45) is 4.41. The summed E-state index contributed by atoms with van der Waals surface area (Å²) in [7, 11) is 0. The maximum Gasteiger partial charge on any atom is 0.138 e. The van der Waals surface area contributed by atoms with Crippen LogP contribution >= 0.6 is 0 Å². The molecule has 6 aromatic carbocycles. The van der Waals surface area contributed by atoms with Crippen LogP contribution in [0.15, 0.2) is 158 Å². The smallest absolute Gasteiger partial charge is 0.138 e. The summed E-state index contributed by atoms with van der Waals surface area (Å²) in [5.74, 6) is 0.924. The minimum atomic E-state index is -0.194. The molecule has 7 aromatic rings. The highest BCUT2D eigenvalue weighted by atomic mass is 15.2. The first-order chi connectivity index (χ1) is 22.1. The van der Waals surface area contributed by atoms with Gasteiger partial charge in [0.15, 0.2) is 0 Å². The Labute approximate surface area is 264 Å². The molecule has 1 aliphatic rings. The number of nitrogens with zero attached hydrogens (tertiary/aromatic N) is 3. The van der Waals surface area contributed by atoms with Crippen LogP contribution in [-0.4, -0.2) is 4.98 Å². The molecule has 0 radical (unpaired) electrons. The van der Waals surface area contributed by atoms with Crippen molar-refractivity contribution < 1.29 is 0 Å². The van der Waals surface area contributed by atoms with Gasteiger partial charge in [0.1, 0.15) is 5.82 Å². The van der Waals surface area contributed by atoms with Crippen molar-refractivity contribution in [3.05, 3.63) is 175 Å². The number of pyridine rings is 1. The van der Waals surface area contributed by atoms with E-state index in [0.29, 0.717) is 0 Å². The molecule has 0 bridgehead atoms. The van der Waals surface area contributed by atoms with Gasteiger partial charge in [0.2, 0.25) is 0 Å². The highest BCUT2D eigenvalue weighted by Gasteiger charge is 2.37. The van der Waals surface area contributed by atoms with E-state index in [4.69, 9.17) is 4.98 Å². The van der Waals surface area contributed by atoms with Gasteiger partial charge in [-0.3, -0.25) is 4.90 Å². The van der Waals surface area contributed by atoms with Gasteiger partial charge in [0.05, 0.1) is 16.9 Å². The minimum absolute atomic E-state index is 0.194. The Hall–Kier alpha value is -5.67. The summed E-state index contributed by atoms with van der Waals surface area (Å²) in [5.41, 5.74) is 9.08. The first-order valence-electron chi connectivity index (χ1n) is 15.5. The third-order valence-electron chi connectivity index (χ3n) is 9.03. The topological polar surface area (TPSA) is 19.4 Å². The van der Waals surface area contributed by atoms with Gasteiger partial charge >= 0.3 is 0 Å². The van der Waals surface area contributed by atoms with Crippen molar-refractivity contribution in [3.63, 3.8) is 0 Å². The summed E-state index contributed by atoms with van der Waals surface area (Å²) in [4.78, 5) is 9.70. The number of hydrogen-bond donors (Lipinski definition) is 0. The first kappa shape index (κ1) is 26.9. The van der Waals surface area contributed by atoms with Crippen molar-refractivity contribution in [2.24, 2.45) is 0 Å². The molecule has 2 heterocycles. The average Bonchev–Trinajstić information content (AvgIpc) is 3.09. The van der Waals surface area contributed by atoms with Crippen molar-refractivity contribution in [2.45, 2.75) is 19.3 Å². The second kappa shape index (κ2) is 10.8. The molecule has 0 N–H and O–H groups in total. The maximum absolute atomic E-state index is 5.12. The molecule has 1 aliphatic heterocycles. The summed E-state index contributed by atoms with van der Waals surface area (Å²) in [5, 5.41) is 3.60. The van der Waals surface area contributed by atoms with Gasteiger partial charge in [0.25, 0.3) is 0 Å². The van der Waals surface area contributed by atoms with E-state index in [1.165, 1.54) is 27.6 Å². The molecular formula is C42H33N3. The second-order valence-electron chi connectivity index (χ2n) is 12.2. The molecule has 0 unspecified atom stereocenters. The third-order valence-corrected chi connectivity index (χ3v) is 9.03. The van der Waals surface area contributed by atoms with Crippen LogP contribution in [0.1, 0.15) is 30.5 Å². The zero-order valence-corrected chi connectivity index (χ0v) is 25.4. The van der Waals surface area contributed by atoms with E-state index < -0.39 is 0 Å². The quantitative estimate of drug-likeness (QED) is 0.202. The lowest BCUT2D eigenvalue weighted by molar-refractivity contribution is 0.631. The molecule has 0 fully saturated rings. The van der Waals surface area contributed by atoms with Crippen LogP contribution in [0.4, 0.5) is 28.6 Å². The number of anilines is 5. The molecule has 0 atom stereocenters. The predicted octanol–water partition coefficient (Wildman–Crippen LogP) is 11.3. The van der Waals surface area contributed by atoms with Crippen LogP contribution in [-0.2, 0) is 5.41 Å². The minimum Gasteiger partial charge on any atom is -0.317 e. The van der Waals surface area contributed by atoms with E-state index in [-0.39, 0.29) is 5.41 Å². The van der Waals surface area contributed by atoms with Gasteiger partial charge in [0, 0.05) is 28.4 Å². The van der Waals surface area contributed by atoms with Crippen LogP contribution in [0.3, 0.4) is 0 Å². The van der Waals surface area contributed by atoms with Gasteiger partial charge in [-0.2, -0.15) is 0 Å². The van der Waals surface area contributed by atoms with Gasteiger partial charge in [-0.05, 0) is 94.2 Å². The number of para-hydroxylation sites is 3. The molecule has 0 saturated heterocycles. The molecule has 3 heteroatoms. The van der Waals surface area contributed by atoms with Crippen LogP contribution in [0.25, 0.3) is 27.8 Å². The van der Waals surface area contributed by atoms with Crippen molar-refractivity contribution in [1.29, 1.82) is 0 Å². The number of rotatable bonds is 5. The molecule has 1 aromatic heterocycles. The van der Waals surface area contributed by atoms with E-state index >= 15 is 0 Å². The van der Waals surface area contributed by atoms with E-state index in [1.807, 2.05) is 0 Å². The predicted molar refractivity (Wildman–Crippen MR) is 190 cm³/mol. The monoisotopic (exact) mass is 579 g/mol. The van der Waals surface area contributed by atoms with E-state index in [1.54, 1.807) is 0 Å². The molecule has 0 spiro atoms. The van der Waals surface area contributed by atoms with Gasteiger partial charge < -0.3 is 4.90 Å². The van der Waals surface area contributed by atoms with Crippen molar-refractivity contribution >= 4 is 56.3 Å². The lowest BCUT2D eigenvalue weighted by atomic mass is 9.73. The SMILES string of the molecule is CC1(C)c2ccccc2N(c2ccc3ccccc3n2)c2ccc(/C=C/N(c3ccccc3)c3ccc4ccccc4c3)cc21. The first-order valence-corrected chi connectivity index (χ1v) is 15.5. The number of benzene rings is 6. The fourth-order valence-electron chi connectivity index (χ4n) is 6.65. The Bertz CT molecular complexity index is 2210. The molecule has 0 aliphatic carbocycles. The Morgan fingerprint density at radius 2 is 1.24 bits per heavy atom. The Morgan fingerprint density at radius 1 is 0.556 bits per heavy atom. The molecule has 8 rings (SSSR count). The normalized spacial score (nSPS) is 13.6. The van der Waals surface area contributed by atoms with E-state index in [2.05, 4.69) is 188 Å². The standard InChI is InChI=1S/C42H33N3/c1-42(2)36-17-9-11-19-39(36)45(41-25-22-32-13-8-10-18-38(32)43-41)40-24-20-30(28-37(40)42)26-27-44(34-15-4-3-5-16-34)35-23-21-31-12-6-7-14-33(31)29-35/h3-29H,1-2H3/b27-26+. The third kappa shape index (κ3) is 4.74. The summed E-state index contributed by atoms with van der Waals surface area (Å²) >= 11 is 0. The second-order valence-corrected chi connectivity index (χ2v) is 12.2. The fourth-order valence-corrected chi connectivity index (χ4v) is 6.65. The van der Waals surface area contributed by atoms with E-state index in [0.717, 1.165) is 39.3 Å². The zero-order chi connectivity index (χ0) is 30.4. The lowest BCUT2D eigenvalue weighted by Crippen LogP contribution is -2.31. The Morgan fingerprint density at radius 3 is 2.11 bits per heavy atom. The highest BCUT2D eigenvalue weighted by Crippen LogP contribution is 2.51. The van der Waals surface area contributed by atoms with Crippen LogP contribution in [0.2, 0.25) is 0 Å². The van der Waals surface area contributed by atoms with Crippen molar-refractivity contribution in [3.8, 4) is 0 Å². The molecular weight excluding hydrogens is 546 g/mol. The largest absolute Gasteiger partial charge is 0.317 e. The maximum atomic E-state index is 5.12. The highest BCUT2D eigenvalue weighted by molar-refractivity contribution is 5.90. The number of hydrogen-bond acceptors (Lipinski definition) is 3. The van der Waals surface area contributed by atoms with Crippen molar-refractivity contribution in [2.75, 3.05) is 9.80 Å². The number of fused-ring (bicyclic) bond motifs is 4. The van der Waals surface area contributed by atoms with Crippen LogP contribution in [0, 0.1) is 0 Å². The number of aromatic nitrogens is 1. The molecule has 45 heavy (non-hydrogen) atoms. The summed E-state index contributed by atoms with van der Waals surface area (Å²) < 4.78 is 0. The molecule has 216 valence electrons. The summed E-state index contributed by atoms with van der Waals surface area (Å²) in [6.45, 7) is 4.66. The Balaban J connectivity index is 1.23. The van der Waals surface area contributed by atoms with Crippen LogP contribution in [0.5, 0.6) is 0 Å². The van der Waals surface area contributed by atoms with Gasteiger partial charge in [-0.15, -0.1) is 0 Å². The zero-order valence-electron chi connectivity index (χ0n) is 25.4. The fraction of sp³-hybridized carbons (Fsp3) is 0.0714. The Kier molecular flexibility index (Phi) is 6.46. The lowest BCUT2D eigenvalue weighted by Gasteiger charge is -2.41. The molecule has 0 amide bonds. The van der Waals surface area contributed by atoms with Crippen LogP contribution < -0.4 is 9.80 Å². The molecule has 0 saturated carbocycles. The van der Waals surface area contributed by atoms with E-state index in [9.17, 15) is 0 Å². The average molecular weight is 580 g/mol. The summed E-state index contributed by atoms with van der Waals surface area (Å²) in [6, 6.07) is 53.9. The molecule has 3 nitrogen and oxygen atoms in total. The van der Waals surface area contributed by atoms with Crippen molar-refractivity contribution in [1.82, 2.24) is 4.98 Å². The van der Waals surface area contributed by atoms with Gasteiger partial charge in [-0.25, -0.2) is 4.98 Å². The van der Waals surface area contributed by atoms with Gasteiger partial charge in [-0.1, -0.05) is 105 Å².